The third-order valence-electron chi connectivity index (χ3n) is 4.07. The Morgan fingerprint density at radius 1 is 1.23 bits per heavy atom. The lowest BCUT2D eigenvalue weighted by Gasteiger charge is -2.01. The molecule has 0 radical (unpaired) electrons. The molecular weight excluding hydrogens is 450 g/mol. The van der Waals surface area contributed by atoms with E-state index in [1.165, 1.54) is 12.1 Å². The summed E-state index contributed by atoms with van der Waals surface area (Å²) in [5.41, 5.74) is 5.20. The molecule has 3 rings (SSSR count). The number of nitro benzene ring substituents is 1. The van der Waals surface area contributed by atoms with Gasteiger partial charge in [-0.25, -0.2) is 5.43 Å². The minimum Gasteiger partial charge on any atom is -0.266 e. The van der Waals surface area contributed by atoms with E-state index in [0.717, 1.165) is 11.1 Å². The number of allylic oxidation sites excluding steroid dienone is 1. The summed E-state index contributed by atoms with van der Waals surface area (Å²) in [5.74, 6) is -0.447. The predicted octanol–water partition coefficient (Wildman–Crippen LogP) is 4.42. The normalized spacial score (nSPS) is 11.6. The van der Waals surface area contributed by atoms with Gasteiger partial charge in [0.2, 0.25) is 0 Å². The number of non-ortho nitro benzene ring substituents is 1. The summed E-state index contributed by atoms with van der Waals surface area (Å²) < 4.78 is 2.10. The maximum Gasteiger partial charge on any atom is 0.293 e. The molecule has 0 spiro atoms. The molecule has 0 atom stereocenters. The van der Waals surface area contributed by atoms with E-state index in [2.05, 4.69) is 31.6 Å². The number of carbonyl (C=O) groups excluding carboxylic acids is 1. The van der Waals surface area contributed by atoms with Crippen molar-refractivity contribution in [3.8, 4) is 0 Å². The molecule has 152 valence electrons. The molecule has 0 unspecified atom stereocenters. The average molecular weight is 468 g/mol. The first-order valence-electron chi connectivity index (χ1n) is 8.96. The second-order valence-electron chi connectivity index (χ2n) is 6.38. The van der Waals surface area contributed by atoms with Crippen LogP contribution in [-0.4, -0.2) is 26.3 Å². The van der Waals surface area contributed by atoms with Crippen LogP contribution in [0.25, 0.3) is 6.08 Å². The molecule has 0 aliphatic carbocycles. The number of benzene rings is 2. The number of hydrogen-bond acceptors (Lipinski definition) is 5. The van der Waals surface area contributed by atoms with Gasteiger partial charge >= 0.3 is 0 Å². The molecule has 0 saturated carbocycles. The minimum atomic E-state index is -0.450. The van der Waals surface area contributed by atoms with Gasteiger partial charge in [-0.2, -0.15) is 10.2 Å². The fourth-order valence-corrected chi connectivity index (χ4v) is 3.05. The highest BCUT2D eigenvalue weighted by molar-refractivity contribution is 9.10. The first kappa shape index (κ1) is 21.1. The first-order chi connectivity index (χ1) is 14.4. The summed E-state index contributed by atoms with van der Waals surface area (Å²) in [5, 5.41) is 19.1. The highest BCUT2D eigenvalue weighted by atomic mass is 79.9. The van der Waals surface area contributed by atoms with Crippen LogP contribution in [-0.2, 0) is 6.54 Å². The number of nitro groups is 1. The molecule has 8 nitrogen and oxygen atoms in total. The van der Waals surface area contributed by atoms with Crippen LogP contribution in [0.2, 0.25) is 0 Å². The van der Waals surface area contributed by atoms with E-state index >= 15 is 0 Å². The number of halogens is 1. The molecule has 1 amide bonds. The number of carbonyl (C=O) groups is 1. The Morgan fingerprint density at radius 3 is 2.60 bits per heavy atom. The van der Waals surface area contributed by atoms with E-state index in [4.69, 9.17) is 0 Å². The maximum absolute atomic E-state index is 12.4. The molecule has 0 bridgehead atoms. The summed E-state index contributed by atoms with van der Waals surface area (Å²) >= 11 is 3.33. The predicted molar refractivity (Wildman–Crippen MR) is 118 cm³/mol. The maximum atomic E-state index is 12.4. The number of hydrogen-bond donors (Lipinski definition) is 1. The van der Waals surface area contributed by atoms with Gasteiger partial charge < -0.3 is 0 Å². The van der Waals surface area contributed by atoms with Crippen LogP contribution in [0.1, 0.15) is 28.5 Å². The van der Waals surface area contributed by atoms with Gasteiger partial charge in [0.05, 0.1) is 21.7 Å². The van der Waals surface area contributed by atoms with Crippen LogP contribution in [0.3, 0.4) is 0 Å². The summed E-state index contributed by atoms with van der Waals surface area (Å²) in [7, 11) is 0. The van der Waals surface area contributed by atoms with Crippen molar-refractivity contribution in [3.63, 3.8) is 0 Å². The van der Waals surface area contributed by atoms with E-state index in [0.29, 0.717) is 16.7 Å². The zero-order valence-electron chi connectivity index (χ0n) is 16.0. The van der Waals surface area contributed by atoms with Crippen LogP contribution in [0.15, 0.2) is 76.4 Å². The van der Waals surface area contributed by atoms with Crippen molar-refractivity contribution in [3.05, 3.63) is 98.3 Å². The summed E-state index contributed by atoms with van der Waals surface area (Å²) in [6.45, 7) is 2.15. The summed E-state index contributed by atoms with van der Waals surface area (Å²) in [6.07, 6.45) is 5.37. The Hall–Kier alpha value is -3.59. The fraction of sp³-hybridized carbons (Fsp3) is 0.0952. The van der Waals surface area contributed by atoms with Crippen LogP contribution >= 0.6 is 15.9 Å². The van der Waals surface area contributed by atoms with E-state index < -0.39 is 10.8 Å². The highest BCUT2D eigenvalue weighted by Crippen LogP contribution is 2.17. The summed E-state index contributed by atoms with van der Waals surface area (Å²) in [4.78, 5) is 22.7. The topological polar surface area (TPSA) is 102 Å². The number of rotatable bonds is 7. The minimum absolute atomic E-state index is 0.0232. The van der Waals surface area contributed by atoms with Crippen LogP contribution in [0.4, 0.5) is 5.69 Å². The van der Waals surface area contributed by atoms with Gasteiger partial charge in [-0.05, 0) is 40.1 Å². The molecule has 30 heavy (non-hydrogen) atoms. The second kappa shape index (κ2) is 9.75. The van der Waals surface area contributed by atoms with Crippen molar-refractivity contribution >= 4 is 39.3 Å². The van der Waals surface area contributed by atoms with Gasteiger partial charge in [-0.3, -0.25) is 19.6 Å². The molecule has 3 aromatic rings. The quantitative estimate of drug-likeness (QED) is 0.315. The van der Waals surface area contributed by atoms with Gasteiger partial charge in [-0.1, -0.05) is 48.5 Å². The number of amides is 1. The smallest absolute Gasteiger partial charge is 0.266 e. The lowest BCUT2D eigenvalue weighted by Crippen LogP contribution is -2.20. The fourth-order valence-electron chi connectivity index (χ4n) is 2.55. The number of aromatic nitrogens is 2. The number of hydrazone groups is 1. The Morgan fingerprint density at radius 2 is 1.93 bits per heavy atom. The lowest BCUT2D eigenvalue weighted by molar-refractivity contribution is -0.384. The van der Waals surface area contributed by atoms with E-state index in [-0.39, 0.29) is 11.4 Å². The van der Waals surface area contributed by atoms with E-state index in [1.54, 1.807) is 36.0 Å². The van der Waals surface area contributed by atoms with Gasteiger partial charge in [0.15, 0.2) is 5.69 Å². The van der Waals surface area contributed by atoms with Gasteiger partial charge in [0.1, 0.15) is 0 Å². The van der Waals surface area contributed by atoms with Crippen molar-refractivity contribution in [1.29, 1.82) is 0 Å². The van der Waals surface area contributed by atoms with Crippen molar-refractivity contribution < 1.29 is 9.72 Å². The Balaban J connectivity index is 1.63. The van der Waals surface area contributed by atoms with Crippen LogP contribution < -0.4 is 5.43 Å². The molecule has 0 aliphatic rings. The van der Waals surface area contributed by atoms with E-state index in [9.17, 15) is 14.9 Å². The summed E-state index contributed by atoms with van der Waals surface area (Å²) in [6, 6.07) is 15.9. The van der Waals surface area contributed by atoms with Crippen molar-refractivity contribution in [2.24, 2.45) is 5.10 Å². The Labute approximate surface area is 181 Å². The molecule has 2 aromatic carbocycles. The van der Waals surface area contributed by atoms with Gasteiger partial charge in [0.25, 0.3) is 11.6 Å². The molecular formula is C21H18BrN5O3. The van der Waals surface area contributed by atoms with Crippen molar-refractivity contribution in [1.82, 2.24) is 15.2 Å². The molecule has 0 saturated heterocycles. The lowest BCUT2D eigenvalue weighted by atomic mass is 10.2. The molecule has 0 fully saturated rings. The number of nitrogens with one attached hydrogen (secondary N) is 1. The van der Waals surface area contributed by atoms with Crippen LogP contribution in [0, 0.1) is 10.1 Å². The van der Waals surface area contributed by atoms with E-state index in [1.807, 2.05) is 36.4 Å². The molecule has 0 aliphatic heterocycles. The second-order valence-corrected chi connectivity index (χ2v) is 7.24. The molecule has 1 N–H and O–H groups in total. The SMILES string of the molecule is CC(C=Cc1ccccc1)=NNC(=O)c1nn(Cc2ccc([N+](=O)[O-])cc2)cc1Br. The number of nitrogens with zero attached hydrogens (tertiary/aromatic N) is 4. The van der Waals surface area contributed by atoms with Crippen LogP contribution in [0.5, 0.6) is 0 Å². The Kier molecular flexibility index (Phi) is 6.87. The standard InChI is InChI=1S/C21H18BrN5O3/c1-15(7-8-16-5-3-2-4-6-16)23-24-21(28)20-19(22)14-26(25-20)13-17-9-11-18(12-10-17)27(29)30/h2-12,14H,13H2,1H3,(H,24,28). The van der Waals surface area contributed by atoms with Gasteiger partial charge in [-0.15, -0.1) is 0 Å². The molecule has 9 heteroatoms. The average Bonchev–Trinajstić information content (AvgIpc) is 3.11. The molecule has 1 heterocycles. The Bertz CT molecular complexity index is 1110. The zero-order chi connectivity index (χ0) is 21.5. The van der Waals surface area contributed by atoms with Gasteiger partial charge in [0, 0.05) is 18.3 Å². The van der Waals surface area contributed by atoms with Crippen molar-refractivity contribution in [2.45, 2.75) is 13.5 Å². The third kappa shape index (κ3) is 5.71. The monoisotopic (exact) mass is 467 g/mol. The third-order valence-corrected chi connectivity index (χ3v) is 4.65. The zero-order valence-corrected chi connectivity index (χ0v) is 17.6. The largest absolute Gasteiger partial charge is 0.293 e. The van der Waals surface area contributed by atoms with Crippen molar-refractivity contribution in [2.75, 3.05) is 0 Å². The molecule has 1 aromatic heterocycles. The first-order valence-corrected chi connectivity index (χ1v) is 9.76. The highest BCUT2D eigenvalue weighted by Gasteiger charge is 2.15.